The third kappa shape index (κ3) is 6.03. The van der Waals surface area contributed by atoms with Crippen LogP contribution in [0.2, 0.25) is 0 Å². The number of fused-ring (bicyclic) bond motifs is 7. The average Bonchev–Trinajstić information content (AvgIpc) is 3.61. The molecule has 0 unspecified atom stereocenters. The molecule has 9 aromatic carbocycles. The maximum Gasteiger partial charge on any atom is 0.0715 e. The highest BCUT2D eigenvalue weighted by molar-refractivity contribution is 6.22. The van der Waals surface area contributed by atoms with E-state index in [1.165, 1.54) is 109 Å². The van der Waals surface area contributed by atoms with E-state index in [1.807, 2.05) is 0 Å². The molecule has 1 heteroatoms. The van der Waals surface area contributed by atoms with Gasteiger partial charge >= 0.3 is 0 Å². The van der Waals surface area contributed by atoms with Crippen LogP contribution in [0.5, 0.6) is 0 Å². The Bertz CT molecular complexity index is 3230. The Morgan fingerprint density at radius 1 is 0.290 bits per heavy atom. The summed E-state index contributed by atoms with van der Waals surface area (Å²) in [5.41, 5.74) is 20.0. The van der Waals surface area contributed by atoms with Crippen molar-refractivity contribution in [2.24, 2.45) is 0 Å². The summed E-state index contributed by atoms with van der Waals surface area (Å²) in [5.74, 6) is 0. The van der Waals surface area contributed by atoms with Gasteiger partial charge < -0.3 is 0 Å². The highest BCUT2D eigenvalue weighted by Crippen LogP contribution is 2.56. The van der Waals surface area contributed by atoms with Gasteiger partial charge in [0, 0.05) is 16.5 Å². The van der Waals surface area contributed by atoms with Crippen LogP contribution in [0, 0.1) is 0 Å². The van der Waals surface area contributed by atoms with Gasteiger partial charge in [-0.05, 0) is 131 Å². The van der Waals surface area contributed by atoms with Crippen LogP contribution in [0.4, 0.5) is 0 Å². The lowest BCUT2D eigenvalue weighted by molar-refractivity contribution is 0.353. The van der Waals surface area contributed by atoms with E-state index in [1.54, 1.807) is 0 Å². The summed E-state index contributed by atoms with van der Waals surface area (Å²) < 4.78 is 0. The van der Waals surface area contributed by atoms with Gasteiger partial charge in [-0.15, -0.1) is 0 Å². The number of rotatable bonds is 6. The topological polar surface area (TPSA) is 12.9 Å². The molecule has 1 fully saturated rings. The second-order valence-corrected chi connectivity index (χ2v) is 17.3. The predicted molar refractivity (Wildman–Crippen MR) is 261 cm³/mol. The van der Waals surface area contributed by atoms with Gasteiger partial charge in [-0.25, -0.2) is 4.98 Å². The van der Waals surface area contributed by atoms with Crippen molar-refractivity contribution in [1.82, 2.24) is 4.98 Å². The van der Waals surface area contributed by atoms with Crippen molar-refractivity contribution in [1.29, 1.82) is 0 Å². The molecule has 1 heterocycles. The van der Waals surface area contributed by atoms with Crippen LogP contribution in [-0.4, -0.2) is 4.98 Å². The fourth-order valence-electron chi connectivity index (χ4n) is 11.0. The van der Waals surface area contributed by atoms with Crippen LogP contribution in [0.1, 0.15) is 43.2 Å². The van der Waals surface area contributed by atoms with Crippen molar-refractivity contribution in [3.63, 3.8) is 0 Å². The zero-order valence-corrected chi connectivity index (χ0v) is 34.7. The Kier molecular flexibility index (Phi) is 8.82. The minimum absolute atomic E-state index is 0.110. The molecule has 2 aliphatic rings. The lowest BCUT2D eigenvalue weighted by atomic mass is 9.67. The first-order valence-corrected chi connectivity index (χ1v) is 22.2. The van der Waals surface area contributed by atoms with Crippen molar-refractivity contribution in [2.75, 3.05) is 0 Å². The molecule has 294 valence electrons. The molecule has 1 aromatic heterocycles. The molecule has 0 amide bonds. The number of aromatic nitrogens is 1. The van der Waals surface area contributed by atoms with Crippen molar-refractivity contribution < 1.29 is 0 Å². The van der Waals surface area contributed by atoms with E-state index in [9.17, 15) is 0 Å². The summed E-state index contributed by atoms with van der Waals surface area (Å²) >= 11 is 0. The second-order valence-electron chi connectivity index (χ2n) is 17.3. The molecule has 62 heavy (non-hydrogen) atoms. The Morgan fingerprint density at radius 3 is 1.27 bits per heavy atom. The van der Waals surface area contributed by atoms with E-state index < -0.39 is 0 Å². The Hall–Kier alpha value is -7.35. The van der Waals surface area contributed by atoms with Crippen molar-refractivity contribution in [3.05, 3.63) is 223 Å². The maximum absolute atomic E-state index is 5.21. The Balaban J connectivity index is 1.10. The summed E-state index contributed by atoms with van der Waals surface area (Å²) in [6.07, 6.45) is 6.36. The van der Waals surface area contributed by atoms with E-state index >= 15 is 0 Å². The molecule has 2 aliphatic carbocycles. The first-order valence-electron chi connectivity index (χ1n) is 22.2. The first-order chi connectivity index (χ1) is 30.7. The third-order valence-electron chi connectivity index (χ3n) is 13.8. The molecule has 0 saturated heterocycles. The molecule has 0 radical (unpaired) electrons. The van der Waals surface area contributed by atoms with Gasteiger partial charge in [0.25, 0.3) is 0 Å². The van der Waals surface area contributed by atoms with E-state index in [2.05, 4.69) is 212 Å². The summed E-state index contributed by atoms with van der Waals surface area (Å²) in [4.78, 5) is 5.21. The fourth-order valence-corrected chi connectivity index (χ4v) is 11.0. The normalized spacial score (nSPS) is 13.9. The van der Waals surface area contributed by atoms with Crippen LogP contribution in [0.25, 0.3) is 99.7 Å². The van der Waals surface area contributed by atoms with Crippen molar-refractivity contribution in [2.45, 2.75) is 37.5 Å². The third-order valence-corrected chi connectivity index (χ3v) is 13.8. The number of nitrogens with zero attached hydrogens (tertiary/aromatic N) is 1. The SMILES string of the molecule is c1ccc(-c2cc(-c3ccc4c(-c5ccccc5)c5cc(-c6ccc7c(c6)C6(CCCCC6)c6ccccc6-7)ccc5c(-c5ccccc5)c4c3)cc(-c3ccccc3)n2)cc1. The molecule has 1 spiro atoms. The quantitative estimate of drug-likeness (QED) is 0.153. The van der Waals surface area contributed by atoms with E-state index in [4.69, 9.17) is 4.98 Å². The summed E-state index contributed by atoms with van der Waals surface area (Å²) in [6, 6.07) is 78.5. The van der Waals surface area contributed by atoms with E-state index in [0.717, 1.165) is 33.6 Å². The van der Waals surface area contributed by atoms with Crippen LogP contribution in [0.3, 0.4) is 0 Å². The summed E-state index contributed by atoms with van der Waals surface area (Å²) in [7, 11) is 0. The number of pyridine rings is 1. The van der Waals surface area contributed by atoms with Crippen molar-refractivity contribution >= 4 is 21.5 Å². The van der Waals surface area contributed by atoms with Gasteiger partial charge in [0.05, 0.1) is 11.4 Å². The smallest absolute Gasteiger partial charge is 0.0715 e. The van der Waals surface area contributed by atoms with Crippen molar-refractivity contribution in [3.8, 4) is 78.1 Å². The first kappa shape index (κ1) is 36.5. The van der Waals surface area contributed by atoms with Gasteiger partial charge in [0.15, 0.2) is 0 Å². The van der Waals surface area contributed by atoms with Crippen LogP contribution in [-0.2, 0) is 5.41 Å². The average molecular weight is 792 g/mol. The highest BCUT2D eigenvalue weighted by atomic mass is 14.7. The molecule has 12 rings (SSSR count). The lowest BCUT2D eigenvalue weighted by Crippen LogP contribution is -2.28. The van der Waals surface area contributed by atoms with Crippen LogP contribution < -0.4 is 0 Å². The number of hydrogen-bond donors (Lipinski definition) is 0. The molecule has 0 N–H and O–H groups in total. The van der Waals surface area contributed by atoms with Gasteiger partial charge in [0.1, 0.15) is 0 Å². The molecular formula is C61H45N. The molecule has 0 aliphatic heterocycles. The van der Waals surface area contributed by atoms with Crippen LogP contribution >= 0.6 is 0 Å². The molecule has 10 aromatic rings. The number of benzene rings is 9. The zero-order chi connectivity index (χ0) is 41.0. The Labute approximate surface area is 364 Å². The summed E-state index contributed by atoms with van der Waals surface area (Å²) in [5, 5.41) is 5.01. The van der Waals surface area contributed by atoms with E-state index in [-0.39, 0.29) is 5.41 Å². The standard InChI is InChI=1S/C61H45N/c1-6-18-41(19-7-1)57-39-48(40-58(62-57)42-20-8-2-9-21-42)46-30-33-52-54(37-46)60(44-24-12-4-13-25-44)51-32-29-45(36-53(51)59(52)43-22-10-3-11-23-43)47-28-31-50-49-26-14-15-27-55(49)61(56(50)38-47)34-16-5-17-35-61/h1-4,6-15,18-33,36-40H,5,16-17,34-35H2. The second kappa shape index (κ2) is 15.0. The van der Waals surface area contributed by atoms with Crippen LogP contribution in [0.15, 0.2) is 212 Å². The number of hydrogen-bond acceptors (Lipinski definition) is 1. The summed E-state index contributed by atoms with van der Waals surface area (Å²) in [6.45, 7) is 0. The van der Waals surface area contributed by atoms with E-state index in [0.29, 0.717) is 0 Å². The van der Waals surface area contributed by atoms with Gasteiger partial charge in [0.2, 0.25) is 0 Å². The molecule has 1 nitrogen and oxygen atoms in total. The minimum atomic E-state index is 0.110. The Morgan fingerprint density at radius 2 is 0.726 bits per heavy atom. The maximum atomic E-state index is 5.21. The zero-order valence-electron chi connectivity index (χ0n) is 34.7. The lowest BCUT2D eigenvalue weighted by Gasteiger charge is -2.36. The minimum Gasteiger partial charge on any atom is -0.248 e. The predicted octanol–water partition coefficient (Wildman–Crippen LogP) is 16.6. The van der Waals surface area contributed by atoms with Gasteiger partial charge in [-0.2, -0.15) is 0 Å². The fraction of sp³-hybridized carbons (Fsp3) is 0.0984. The van der Waals surface area contributed by atoms with Gasteiger partial charge in [-0.1, -0.05) is 201 Å². The molecule has 1 saturated carbocycles. The molecular weight excluding hydrogens is 747 g/mol. The largest absolute Gasteiger partial charge is 0.248 e. The molecule has 0 atom stereocenters. The highest BCUT2D eigenvalue weighted by Gasteiger charge is 2.43. The van der Waals surface area contributed by atoms with Gasteiger partial charge in [-0.3, -0.25) is 0 Å². The molecule has 0 bridgehead atoms. The monoisotopic (exact) mass is 791 g/mol.